The summed E-state index contributed by atoms with van der Waals surface area (Å²) in [5.74, 6) is 0. The molecule has 2 aromatic rings. The third-order valence-electron chi connectivity index (χ3n) is 3.46. The van der Waals surface area contributed by atoms with Crippen LogP contribution < -0.4 is 5.32 Å². The lowest BCUT2D eigenvalue weighted by molar-refractivity contribution is 0.591. The van der Waals surface area contributed by atoms with E-state index in [9.17, 15) is 0 Å². The van der Waals surface area contributed by atoms with Gasteiger partial charge in [-0.2, -0.15) is 0 Å². The van der Waals surface area contributed by atoms with E-state index in [2.05, 4.69) is 64.2 Å². The van der Waals surface area contributed by atoms with Gasteiger partial charge in [0.1, 0.15) is 0 Å². The van der Waals surface area contributed by atoms with Crippen LogP contribution in [0.15, 0.2) is 24.3 Å². The first-order valence-corrected chi connectivity index (χ1v) is 7.13. The Morgan fingerprint density at radius 2 is 1.84 bits per heavy atom. The van der Waals surface area contributed by atoms with E-state index < -0.39 is 0 Å². The minimum Gasteiger partial charge on any atom is -0.385 e. The van der Waals surface area contributed by atoms with Gasteiger partial charge in [0.2, 0.25) is 0 Å². The third-order valence-corrected chi connectivity index (χ3v) is 3.46. The highest BCUT2D eigenvalue weighted by atomic mass is 14.9. The summed E-state index contributed by atoms with van der Waals surface area (Å²) in [6, 6.07) is 8.80. The fraction of sp³-hybridized carbons (Fsp3) is 0.471. The second kappa shape index (κ2) is 5.20. The van der Waals surface area contributed by atoms with Crippen LogP contribution in [0, 0.1) is 0 Å². The maximum Gasteiger partial charge on any atom is 0.0726 e. The molecule has 1 aromatic carbocycles. The highest BCUT2D eigenvalue weighted by molar-refractivity contribution is 5.92. The predicted molar refractivity (Wildman–Crippen MR) is 84.0 cm³/mol. The van der Waals surface area contributed by atoms with Gasteiger partial charge in [0.15, 0.2) is 0 Å². The van der Waals surface area contributed by atoms with Gasteiger partial charge in [-0.1, -0.05) is 33.8 Å². The van der Waals surface area contributed by atoms with Gasteiger partial charge < -0.3 is 5.32 Å². The zero-order valence-corrected chi connectivity index (χ0v) is 12.7. The van der Waals surface area contributed by atoms with E-state index in [1.807, 2.05) is 0 Å². The first-order valence-electron chi connectivity index (χ1n) is 7.13. The van der Waals surface area contributed by atoms with Crippen molar-refractivity contribution in [2.24, 2.45) is 0 Å². The van der Waals surface area contributed by atoms with E-state index in [0.717, 1.165) is 24.2 Å². The number of benzene rings is 1. The van der Waals surface area contributed by atoms with Gasteiger partial charge in [0, 0.05) is 23.3 Å². The molecule has 0 radical (unpaired) electrons. The summed E-state index contributed by atoms with van der Waals surface area (Å²) < 4.78 is 0. The molecule has 2 nitrogen and oxygen atoms in total. The molecule has 1 N–H and O–H groups in total. The van der Waals surface area contributed by atoms with E-state index in [1.54, 1.807) is 0 Å². The zero-order chi connectivity index (χ0) is 14.0. The number of aryl methyl sites for hydroxylation is 1. The van der Waals surface area contributed by atoms with Gasteiger partial charge in [-0.3, -0.25) is 4.98 Å². The Morgan fingerprint density at radius 1 is 1.11 bits per heavy atom. The predicted octanol–water partition coefficient (Wildman–Crippen LogP) is 4.53. The van der Waals surface area contributed by atoms with Gasteiger partial charge in [-0.15, -0.1) is 0 Å². The Hall–Kier alpha value is -1.57. The Labute approximate surface area is 116 Å². The first-order chi connectivity index (χ1) is 8.95. The quantitative estimate of drug-likeness (QED) is 0.873. The topological polar surface area (TPSA) is 24.9 Å². The van der Waals surface area contributed by atoms with E-state index in [1.165, 1.54) is 16.6 Å². The molecule has 1 aromatic heterocycles. The largest absolute Gasteiger partial charge is 0.385 e. The van der Waals surface area contributed by atoms with Crippen LogP contribution in [0.2, 0.25) is 0 Å². The summed E-state index contributed by atoms with van der Waals surface area (Å²) >= 11 is 0. The van der Waals surface area contributed by atoms with Gasteiger partial charge in [-0.05, 0) is 42.5 Å². The highest BCUT2D eigenvalue weighted by Gasteiger charge is 2.15. The first kappa shape index (κ1) is 13.9. The lowest BCUT2D eigenvalue weighted by Crippen LogP contribution is -2.11. The van der Waals surface area contributed by atoms with Gasteiger partial charge in [0.05, 0.1) is 5.52 Å². The highest BCUT2D eigenvalue weighted by Crippen LogP contribution is 2.29. The fourth-order valence-electron chi connectivity index (χ4n) is 2.26. The van der Waals surface area contributed by atoms with E-state index in [-0.39, 0.29) is 5.41 Å². The number of anilines is 1. The molecule has 2 rings (SSSR count). The van der Waals surface area contributed by atoms with Crippen molar-refractivity contribution in [3.63, 3.8) is 0 Å². The second-order valence-electron chi connectivity index (χ2n) is 6.03. The summed E-state index contributed by atoms with van der Waals surface area (Å²) in [7, 11) is 0. The summed E-state index contributed by atoms with van der Waals surface area (Å²) in [6.07, 6.45) is 0.968. The van der Waals surface area contributed by atoms with Crippen molar-refractivity contribution in [3.8, 4) is 0 Å². The molecule has 2 heteroatoms. The van der Waals surface area contributed by atoms with Crippen molar-refractivity contribution in [2.45, 2.75) is 46.5 Å². The standard InChI is InChI=1S/C17H24N2/c1-6-13-11-16(18-7-2)14-10-12(17(3,4)5)8-9-15(14)19-13/h8-11H,6-7H2,1-5H3,(H,18,19). The van der Waals surface area contributed by atoms with Crippen LogP contribution in [0.25, 0.3) is 10.9 Å². The zero-order valence-electron chi connectivity index (χ0n) is 12.7. The molecule has 0 unspecified atom stereocenters. The van der Waals surface area contributed by atoms with Crippen LogP contribution in [0.4, 0.5) is 5.69 Å². The maximum absolute atomic E-state index is 4.72. The van der Waals surface area contributed by atoms with E-state index in [0.29, 0.717) is 0 Å². The molecule has 0 fully saturated rings. The molecule has 0 atom stereocenters. The van der Waals surface area contributed by atoms with Gasteiger partial charge in [-0.25, -0.2) is 0 Å². The van der Waals surface area contributed by atoms with Crippen molar-refractivity contribution in [2.75, 3.05) is 11.9 Å². The number of fused-ring (bicyclic) bond motifs is 1. The molecule has 0 saturated heterocycles. The Kier molecular flexibility index (Phi) is 3.79. The summed E-state index contributed by atoms with van der Waals surface area (Å²) in [6.45, 7) is 11.9. The van der Waals surface area contributed by atoms with Crippen LogP contribution >= 0.6 is 0 Å². The molecule has 102 valence electrons. The molecule has 1 heterocycles. The molecule has 0 amide bonds. The van der Waals surface area contributed by atoms with Crippen molar-refractivity contribution in [1.82, 2.24) is 4.98 Å². The maximum atomic E-state index is 4.72. The number of nitrogens with one attached hydrogen (secondary N) is 1. The molecule has 0 bridgehead atoms. The van der Waals surface area contributed by atoms with Gasteiger partial charge >= 0.3 is 0 Å². The van der Waals surface area contributed by atoms with Crippen LogP contribution in [-0.4, -0.2) is 11.5 Å². The van der Waals surface area contributed by atoms with Crippen molar-refractivity contribution >= 4 is 16.6 Å². The van der Waals surface area contributed by atoms with E-state index in [4.69, 9.17) is 4.98 Å². The van der Waals surface area contributed by atoms with Gasteiger partial charge in [0.25, 0.3) is 0 Å². The molecular weight excluding hydrogens is 232 g/mol. The van der Waals surface area contributed by atoms with Crippen LogP contribution in [0.1, 0.15) is 45.9 Å². The summed E-state index contributed by atoms with van der Waals surface area (Å²) in [4.78, 5) is 4.72. The molecule has 0 aliphatic carbocycles. The molecule has 19 heavy (non-hydrogen) atoms. The summed E-state index contributed by atoms with van der Waals surface area (Å²) in [5.41, 5.74) is 4.96. The van der Waals surface area contributed by atoms with Crippen molar-refractivity contribution < 1.29 is 0 Å². The van der Waals surface area contributed by atoms with Crippen LogP contribution in [0.5, 0.6) is 0 Å². The van der Waals surface area contributed by atoms with Crippen molar-refractivity contribution in [3.05, 3.63) is 35.5 Å². The molecule has 0 saturated carbocycles. The normalized spacial score (nSPS) is 11.8. The lowest BCUT2D eigenvalue weighted by Gasteiger charge is -2.20. The molecule has 0 aliphatic heterocycles. The number of rotatable bonds is 3. The fourth-order valence-corrected chi connectivity index (χ4v) is 2.26. The van der Waals surface area contributed by atoms with E-state index >= 15 is 0 Å². The monoisotopic (exact) mass is 256 g/mol. The van der Waals surface area contributed by atoms with Crippen LogP contribution in [-0.2, 0) is 11.8 Å². The number of aromatic nitrogens is 1. The molecule has 0 spiro atoms. The smallest absolute Gasteiger partial charge is 0.0726 e. The number of nitrogens with zero attached hydrogens (tertiary/aromatic N) is 1. The van der Waals surface area contributed by atoms with Crippen LogP contribution in [0.3, 0.4) is 0 Å². The number of pyridine rings is 1. The minimum absolute atomic E-state index is 0.168. The Balaban J connectivity index is 2.65. The second-order valence-corrected chi connectivity index (χ2v) is 6.03. The summed E-state index contributed by atoms with van der Waals surface area (Å²) in [5, 5.41) is 4.69. The third kappa shape index (κ3) is 2.89. The number of hydrogen-bond acceptors (Lipinski definition) is 2. The Bertz CT molecular complexity index is 580. The average Bonchev–Trinajstić information content (AvgIpc) is 2.37. The SMILES string of the molecule is CCNc1cc(CC)nc2ccc(C(C)(C)C)cc12. The number of hydrogen-bond donors (Lipinski definition) is 1. The van der Waals surface area contributed by atoms with Crippen molar-refractivity contribution in [1.29, 1.82) is 0 Å². The average molecular weight is 256 g/mol. The molecular formula is C17H24N2. The minimum atomic E-state index is 0.168. The molecule has 0 aliphatic rings. The Morgan fingerprint density at radius 3 is 2.42 bits per heavy atom. The lowest BCUT2D eigenvalue weighted by atomic mass is 9.86.